The molecule has 2 heterocycles. The molecule has 1 aromatic rings. The summed E-state index contributed by atoms with van der Waals surface area (Å²) in [5.41, 5.74) is 0.762. The van der Waals surface area contributed by atoms with Crippen molar-refractivity contribution in [2.45, 2.75) is 12.5 Å². The lowest BCUT2D eigenvalue weighted by molar-refractivity contribution is -0.141. The van der Waals surface area contributed by atoms with E-state index in [-0.39, 0.29) is 54.5 Å². The van der Waals surface area contributed by atoms with Crippen molar-refractivity contribution in [3.63, 3.8) is 0 Å². The molecule has 3 aliphatic rings. The van der Waals surface area contributed by atoms with Gasteiger partial charge in [0, 0.05) is 31.9 Å². The second kappa shape index (κ2) is 6.35. The molecule has 2 N–H and O–H groups in total. The van der Waals surface area contributed by atoms with E-state index in [1.54, 1.807) is 31.2 Å². The first-order valence-corrected chi connectivity index (χ1v) is 8.98. The van der Waals surface area contributed by atoms with E-state index < -0.39 is 6.04 Å². The topological polar surface area (TPSA) is 96.3 Å². The summed E-state index contributed by atoms with van der Waals surface area (Å²) in [5.74, 6) is -0.323. The summed E-state index contributed by atoms with van der Waals surface area (Å²) >= 11 is 0. The summed E-state index contributed by atoms with van der Waals surface area (Å²) < 4.78 is 1.63. The standard InChI is InChI=1S/C18H23N5O3/c1-19-15(12-8-21-22(2)9-12)16(24)20-5-6-23-17(25)13-10-3-4-11(7-10)14(13)18(23)26/h3-4,8-11,13-15,19H,5-7H2,1-2H3,(H,20,24). The van der Waals surface area contributed by atoms with Crippen LogP contribution >= 0.6 is 0 Å². The SMILES string of the molecule is CNC(C(=O)NCCN1C(=O)C2C3C=CC(C3)C2C1=O)c1cnn(C)c1. The average Bonchev–Trinajstić information content (AvgIpc) is 3.37. The van der Waals surface area contributed by atoms with Crippen molar-refractivity contribution in [1.29, 1.82) is 0 Å². The Labute approximate surface area is 151 Å². The van der Waals surface area contributed by atoms with Crippen LogP contribution in [0.1, 0.15) is 18.0 Å². The third-order valence-corrected chi connectivity index (χ3v) is 5.81. The fraction of sp³-hybridized carbons (Fsp3) is 0.556. The smallest absolute Gasteiger partial charge is 0.241 e. The minimum Gasteiger partial charge on any atom is -0.353 e. The number of carbonyl (C=O) groups excluding carboxylic acids is 3. The zero-order valence-electron chi connectivity index (χ0n) is 14.9. The number of nitrogens with one attached hydrogen (secondary N) is 2. The van der Waals surface area contributed by atoms with Crippen molar-refractivity contribution in [1.82, 2.24) is 25.3 Å². The van der Waals surface area contributed by atoms with Crippen LogP contribution in [0.3, 0.4) is 0 Å². The first kappa shape index (κ1) is 17.0. The largest absolute Gasteiger partial charge is 0.353 e. The molecule has 1 saturated heterocycles. The normalized spacial score (nSPS) is 30.2. The van der Waals surface area contributed by atoms with Crippen LogP contribution in [0.2, 0.25) is 0 Å². The minimum atomic E-state index is -0.520. The highest BCUT2D eigenvalue weighted by Gasteiger charge is 2.58. The Balaban J connectivity index is 1.34. The van der Waals surface area contributed by atoms with Crippen molar-refractivity contribution < 1.29 is 14.4 Å². The first-order valence-electron chi connectivity index (χ1n) is 8.98. The highest BCUT2D eigenvalue weighted by Crippen LogP contribution is 2.52. The number of carbonyl (C=O) groups is 3. The molecule has 1 aliphatic heterocycles. The molecule has 2 bridgehead atoms. The van der Waals surface area contributed by atoms with E-state index in [9.17, 15) is 14.4 Å². The fourth-order valence-electron chi connectivity index (χ4n) is 4.62. The Hall–Kier alpha value is -2.48. The molecule has 0 aromatic carbocycles. The molecule has 5 atom stereocenters. The predicted octanol–water partition coefficient (Wildman–Crippen LogP) is -0.396. The summed E-state index contributed by atoms with van der Waals surface area (Å²) in [6, 6.07) is -0.520. The predicted molar refractivity (Wildman–Crippen MR) is 92.5 cm³/mol. The van der Waals surface area contributed by atoms with E-state index in [1.165, 1.54) is 4.90 Å². The van der Waals surface area contributed by atoms with Crippen molar-refractivity contribution in [3.05, 3.63) is 30.1 Å². The summed E-state index contributed by atoms with van der Waals surface area (Å²) in [4.78, 5) is 39.0. The van der Waals surface area contributed by atoms with E-state index in [0.717, 1.165) is 12.0 Å². The van der Waals surface area contributed by atoms with Crippen LogP contribution in [0, 0.1) is 23.7 Å². The number of aromatic nitrogens is 2. The van der Waals surface area contributed by atoms with E-state index in [1.807, 2.05) is 0 Å². The number of aryl methyl sites for hydroxylation is 1. The number of allylic oxidation sites excluding steroid dienone is 2. The lowest BCUT2D eigenvalue weighted by Crippen LogP contribution is -2.42. The lowest BCUT2D eigenvalue weighted by Gasteiger charge is -2.19. The van der Waals surface area contributed by atoms with E-state index >= 15 is 0 Å². The molecule has 8 nitrogen and oxygen atoms in total. The van der Waals surface area contributed by atoms with E-state index in [4.69, 9.17) is 0 Å². The second-order valence-electron chi connectivity index (χ2n) is 7.29. The number of nitrogens with zero attached hydrogens (tertiary/aromatic N) is 3. The molecular formula is C18H23N5O3. The molecule has 2 aliphatic carbocycles. The maximum atomic E-state index is 12.6. The van der Waals surface area contributed by atoms with Crippen LogP contribution in [-0.2, 0) is 21.4 Å². The number of imide groups is 1. The van der Waals surface area contributed by atoms with Crippen LogP contribution < -0.4 is 10.6 Å². The zero-order valence-corrected chi connectivity index (χ0v) is 14.9. The minimum absolute atomic E-state index is 0.0801. The maximum Gasteiger partial charge on any atom is 0.241 e. The van der Waals surface area contributed by atoms with Gasteiger partial charge in [0.25, 0.3) is 0 Å². The van der Waals surface area contributed by atoms with Crippen molar-refractivity contribution in [2.75, 3.05) is 20.1 Å². The Morgan fingerprint density at radius 1 is 1.27 bits per heavy atom. The number of hydrogen-bond donors (Lipinski definition) is 2. The monoisotopic (exact) mass is 357 g/mol. The molecule has 8 heteroatoms. The van der Waals surface area contributed by atoms with Gasteiger partial charge >= 0.3 is 0 Å². The Morgan fingerprint density at radius 3 is 2.46 bits per heavy atom. The van der Waals surface area contributed by atoms with Crippen molar-refractivity contribution >= 4 is 17.7 Å². The Bertz CT molecular complexity index is 756. The van der Waals surface area contributed by atoms with Gasteiger partial charge in [0.05, 0.1) is 18.0 Å². The first-order chi connectivity index (χ1) is 12.5. The van der Waals surface area contributed by atoms with Gasteiger partial charge in [-0.15, -0.1) is 0 Å². The van der Waals surface area contributed by atoms with Crippen LogP contribution in [0.15, 0.2) is 24.5 Å². The van der Waals surface area contributed by atoms with Crippen molar-refractivity contribution in [2.24, 2.45) is 30.7 Å². The molecule has 1 saturated carbocycles. The molecule has 2 fully saturated rings. The number of hydrogen-bond acceptors (Lipinski definition) is 5. The third-order valence-electron chi connectivity index (χ3n) is 5.81. The van der Waals surface area contributed by atoms with Gasteiger partial charge in [0.15, 0.2) is 0 Å². The van der Waals surface area contributed by atoms with Crippen LogP contribution in [0.4, 0.5) is 0 Å². The van der Waals surface area contributed by atoms with Crippen molar-refractivity contribution in [3.8, 4) is 0 Å². The van der Waals surface area contributed by atoms with Gasteiger partial charge in [0.2, 0.25) is 17.7 Å². The molecular weight excluding hydrogens is 334 g/mol. The molecule has 0 spiro atoms. The summed E-state index contributed by atoms with van der Waals surface area (Å²) in [6.07, 6.45) is 8.49. The quantitative estimate of drug-likeness (QED) is 0.534. The fourth-order valence-corrected chi connectivity index (χ4v) is 4.62. The highest BCUT2D eigenvalue weighted by molar-refractivity contribution is 6.06. The second-order valence-corrected chi connectivity index (χ2v) is 7.29. The number of likely N-dealkylation sites (N-methyl/N-ethyl adjacent to an activating group) is 1. The van der Waals surface area contributed by atoms with E-state index in [0.29, 0.717) is 0 Å². The number of likely N-dealkylation sites (tertiary alicyclic amines) is 1. The zero-order chi connectivity index (χ0) is 18.4. The Morgan fingerprint density at radius 2 is 1.92 bits per heavy atom. The third kappa shape index (κ3) is 2.56. The lowest BCUT2D eigenvalue weighted by atomic mass is 9.85. The van der Waals surface area contributed by atoms with Crippen LogP contribution in [0.25, 0.3) is 0 Å². The molecule has 0 radical (unpaired) electrons. The van der Waals surface area contributed by atoms with E-state index in [2.05, 4.69) is 27.9 Å². The van der Waals surface area contributed by atoms with Gasteiger partial charge in [-0.05, 0) is 25.3 Å². The van der Waals surface area contributed by atoms with Crippen LogP contribution in [-0.4, -0.2) is 52.5 Å². The molecule has 3 amide bonds. The summed E-state index contributed by atoms with van der Waals surface area (Å²) in [5, 5.41) is 9.85. The average molecular weight is 357 g/mol. The molecule has 138 valence electrons. The number of fused-ring (bicyclic) bond motifs is 5. The molecule has 1 aromatic heterocycles. The van der Waals surface area contributed by atoms with Gasteiger partial charge in [-0.1, -0.05) is 12.2 Å². The van der Waals surface area contributed by atoms with Gasteiger partial charge < -0.3 is 10.6 Å². The molecule has 4 rings (SSSR count). The molecule has 5 unspecified atom stereocenters. The highest BCUT2D eigenvalue weighted by atomic mass is 16.2. The Kier molecular flexibility index (Phi) is 4.14. The van der Waals surface area contributed by atoms with Gasteiger partial charge in [0.1, 0.15) is 6.04 Å². The van der Waals surface area contributed by atoms with Gasteiger partial charge in [-0.25, -0.2) is 0 Å². The summed E-state index contributed by atoms with van der Waals surface area (Å²) in [7, 11) is 3.49. The van der Waals surface area contributed by atoms with Gasteiger partial charge in [-0.2, -0.15) is 5.10 Å². The van der Waals surface area contributed by atoms with Gasteiger partial charge in [-0.3, -0.25) is 24.0 Å². The summed E-state index contributed by atoms with van der Waals surface area (Å²) in [6.45, 7) is 0.469. The molecule has 26 heavy (non-hydrogen) atoms. The number of amides is 3. The number of rotatable bonds is 6. The van der Waals surface area contributed by atoms with Crippen LogP contribution in [0.5, 0.6) is 0 Å². The maximum absolute atomic E-state index is 12.6.